The topological polar surface area (TPSA) is 67.2 Å². The predicted octanol–water partition coefficient (Wildman–Crippen LogP) is 3.72. The van der Waals surface area contributed by atoms with Crippen molar-refractivity contribution in [2.75, 3.05) is 31.1 Å². The minimum absolute atomic E-state index is 0.0576. The molecule has 0 spiro atoms. The fourth-order valence-corrected chi connectivity index (χ4v) is 5.18. The number of piperazine rings is 1. The van der Waals surface area contributed by atoms with Crippen LogP contribution in [-0.4, -0.2) is 56.7 Å². The van der Waals surface area contributed by atoms with Crippen LogP contribution in [0.15, 0.2) is 54.2 Å². The Morgan fingerprint density at radius 1 is 1.00 bits per heavy atom. The van der Waals surface area contributed by atoms with Crippen LogP contribution in [-0.2, 0) is 0 Å². The lowest BCUT2D eigenvalue weighted by Crippen LogP contribution is -2.49. The van der Waals surface area contributed by atoms with E-state index in [-0.39, 0.29) is 5.91 Å². The Kier molecular flexibility index (Phi) is 5.06. The summed E-state index contributed by atoms with van der Waals surface area (Å²) in [5, 5.41) is 11.6. The van der Waals surface area contributed by atoms with E-state index in [1.165, 1.54) is 11.3 Å². The second kappa shape index (κ2) is 8.00. The van der Waals surface area contributed by atoms with Gasteiger partial charge in [0.25, 0.3) is 5.91 Å². The van der Waals surface area contributed by atoms with Crippen molar-refractivity contribution in [2.24, 2.45) is 0 Å². The van der Waals surface area contributed by atoms with Crippen molar-refractivity contribution < 1.29 is 4.79 Å². The second-order valence-corrected chi connectivity index (χ2v) is 8.96. The Balaban J connectivity index is 1.24. The van der Waals surface area contributed by atoms with Gasteiger partial charge in [0.05, 0.1) is 10.6 Å². The standard InChI is InChI=1S/C21H20N6OS2/c1-15-19(30-21(22-15)27-8-2-3-9-27)20(28)26-12-10-25(11-13-26)18-7-6-16(23-24-18)17-5-4-14-29-17/h2-9,14H,10-13H2,1H3. The van der Waals surface area contributed by atoms with E-state index in [2.05, 4.69) is 20.1 Å². The number of hydrogen-bond acceptors (Lipinski definition) is 7. The van der Waals surface area contributed by atoms with Gasteiger partial charge in [-0.25, -0.2) is 4.98 Å². The van der Waals surface area contributed by atoms with E-state index in [1.54, 1.807) is 11.3 Å². The number of anilines is 1. The van der Waals surface area contributed by atoms with E-state index in [9.17, 15) is 4.79 Å². The molecular formula is C21H20N6OS2. The van der Waals surface area contributed by atoms with Gasteiger partial charge >= 0.3 is 0 Å². The molecule has 1 fully saturated rings. The first kappa shape index (κ1) is 19.0. The summed E-state index contributed by atoms with van der Waals surface area (Å²) >= 11 is 3.10. The summed E-state index contributed by atoms with van der Waals surface area (Å²) in [7, 11) is 0. The number of thiophene rings is 1. The highest BCUT2D eigenvalue weighted by Gasteiger charge is 2.26. The van der Waals surface area contributed by atoms with Crippen molar-refractivity contribution in [3.63, 3.8) is 0 Å². The molecule has 30 heavy (non-hydrogen) atoms. The molecule has 0 N–H and O–H groups in total. The SMILES string of the molecule is Cc1nc(-n2cccc2)sc1C(=O)N1CCN(c2ccc(-c3cccs3)nn2)CC1. The van der Waals surface area contributed by atoms with E-state index in [1.807, 2.05) is 70.6 Å². The fourth-order valence-electron chi connectivity index (χ4n) is 3.48. The van der Waals surface area contributed by atoms with E-state index in [0.717, 1.165) is 40.3 Å². The van der Waals surface area contributed by atoms with Crippen LogP contribution >= 0.6 is 22.7 Å². The summed E-state index contributed by atoms with van der Waals surface area (Å²) in [5.41, 5.74) is 1.67. The van der Waals surface area contributed by atoms with Crippen LogP contribution in [0, 0.1) is 6.92 Å². The lowest BCUT2D eigenvalue weighted by Gasteiger charge is -2.35. The van der Waals surface area contributed by atoms with E-state index in [4.69, 9.17) is 0 Å². The van der Waals surface area contributed by atoms with Crippen LogP contribution in [0.3, 0.4) is 0 Å². The third kappa shape index (κ3) is 3.61. The van der Waals surface area contributed by atoms with Gasteiger partial charge in [0.1, 0.15) is 10.6 Å². The third-order valence-electron chi connectivity index (χ3n) is 5.12. The van der Waals surface area contributed by atoms with E-state index >= 15 is 0 Å². The highest BCUT2D eigenvalue weighted by atomic mass is 32.1. The molecule has 5 rings (SSSR count). The smallest absolute Gasteiger partial charge is 0.266 e. The van der Waals surface area contributed by atoms with Crippen molar-refractivity contribution in [1.29, 1.82) is 0 Å². The molecule has 0 aromatic carbocycles. The number of carbonyl (C=O) groups excluding carboxylic acids is 1. The first-order valence-electron chi connectivity index (χ1n) is 9.71. The number of aromatic nitrogens is 4. The van der Waals surface area contributed by atoms with Gasteiger partial charge in [-0.3, -0.25) is 4.79 Å². The van der Waals surface area contributed by atoms with Gasteiger partial charge in [0.2, 0.25) is 0 Å². The van der Waals surface area contributed by atoms with Gasteiger partial charge in [-0.05, 0) is 42.6 Å². The van der Waals surface area contributed by atoms with Gasteiger partial charge in [-0.1, -0.05) is 17.4 Å². The number of amides is 1. The van der Waals surface area contributed by atoms with Crippen LogP contribution in [0.25, 0.3) is 15.7 Å². The number of hydrogen-bond donors (Lipinski definition) is 0. The van der Waals surface area contributed by atoms with Gasteiger partial charge in [-0.15, -0.1) is 21.5 Å². The minimum Gasteiger partial charge on any atom is -0.352 e. The molecule has 1 aliphatic heterocycles. The van der Waals surface area contributed by atoms with Crippen LogP contribution < -0.4 is 4.90 Å². The van der Waals surface area contributed by atoms with Crippen LogP contribution in [0.5, 0.6) is 0 Å². The normalized spacial score (nSPS) is 14.3. The molecule has 0 atom stereocenters. The molecule has 152 valence electrons. The lowest BCUT2D eigenvalue weighted by atomic mass is 10.2. The molecule has 0 unspecified atom stereocenters. The molecule has 4 aromatic heterocycles. The van der Waals surface area contributed by atoms with Gasteiger partial charge < -0.3 is 14.4 Å². The Bertz CT molecular complexity index is 1130. The average Bonchev–Trinajstić information content (AvgIpc) is 3.55. The molecule has 0 aliphatic carbocycles. The Morgan fingerprint density at radius 2 is 1.80 bits per heavy atom. The van der Waals surface area contributed by atoms with E-state index in [0.29, 0.717) is 18.0 Å². The zero-order valence-corrected chi connectivity index (χ0v) is 18.1. The summed E-state index contributed by atoms with van der Waals surface area (Å²) in [6, 6.07) is 12.0. The van der Waals surface area contributed by atoms with Crippen LogP contribution in [0.2, 0.25) is 0 Å². The van der Waals surface area contributed by atoms with Gasteiger partial charge in [0.15, 0.2) is 10.9 Å². The Hall–Kier alpha value is -3.04. The minimum atomic E-state index is 0.0576. The Morgan fingerprint density at radius 3 is 2.47 bits per heavy atom. The first-order chi connectivity index (χ1) is 14.7. The quantitative estimate of drug-likeness (QED) is 0.488. The first-order valence-corrected chi connectivity index (χ1v) is 11.4. The monoisotopic (exact) mass is 436 g/mol. The second-order valence-electron chi connectivity index (χ2n) is 7.03. The van der Waals surface area contributed by atoms with Crippen molar-refractivity contribution in [3.05, 3.63) is 64.7 Å². The van der Waals surface area contributed by atoms with Crippen molar-refractivity contribution in [1.82, 2.24) is 24.6 Å². The molecule has 1 amide bonds. The lowest BCUT2D eigenvalue weighted by molar-refractivity contribution is 0.0750. The molecule has 0 radical (unpaired) electrons. The largest absolute Gasteiger partial charge is 0.352 e. The molecule has 1 aliphatic rings. The number of nitrogens with zero attached hydrogens (tertiary/aromatic N) is 6. The highest BCUT2D eigenvalue weighted by molar-refractivity contribution is 7.16. The molecule has 4 aromatic rings. The highest BCUT2D eigenvalue weighted by Crippen LogP contribution is 2.25. The summed E-state index contributed by atoms with van der Waals surface area (Å²) in [4.78, 5) is 23.5. The zero-order valence-electron chi connectivity index (χ0n) is 16.4. The number of aryl methyl sites for hydroxylation is 1. The maximum absolute atomic E-state index is 13.1. The molecule has 0 bridgehead atoms. The number of carbonyl (C=O) groups is 1. The number of thiazole rings is 1. The number of rotatable bonds is 4. The Labute approximate surface area is 182 Å². The fraction of sp³-hybridized carbons (Fsp3) is 0.238. The maximum atomic E-state index is 13.1. The molecular weight excluding hydrogens is 416 g/mol. The molecule has 0 saturated carbocycles. The third-order valence-corrected chi connectivity index (χ3v) is 7.17. The van der Waals surface area contributed by atoms with Gasteiger partial charge in [0, 0.05) is 38.6 Å². The molecule has 1 saturated heterocycles. The van der Waals surface area contributed by atoms with Crippen molar-refractivity contribution >= 4 is 34.4 Å². The van der Waals surface area contributed by atoms with E-state index < -0.39 is 0 Å². The summed E-state index contributed by atoms with van der Waals surface area (Å²) in [6.45, 7) is 4.69. The molecule has 5 heterocycles. The average molecular weight is 437 g/mol. The van der Waals surface area contributed by atoms with Crippen molar-refractivity contribution in [3.8, 4) is 15.7 Å². The van der Waals surface area contributed by atoms with Gasteiger partial charge in [-0.2, -0.15) is 0 Å². The van der Waals surface area contributed by atoms with Crippen LogP contribution in [0.4, 0.5) is 5.82 Å². The summed E-state index contributed by atoms with van der Waals surface area (Å²) in [5.74, 6) is 0.911. The maximum Gasteiger partial charge on any atom is 0.266 e. The summed E-state index contributed by atoms with van der Waals surface area (Å²) in [6.07, 6.45) is 3.88. The summed E-state index contributed by atoms with van der Waals surface area (Å²) < 4.78 is 1.94. The van der Waals surface area contributed by atoms with Crippen molar-refractivity contribution in [2.45, 2.75) is 6.92 Å². The predicted molar refractivity (Wildman–Crippen MR) is 120 cm³/mol. The van der Waals surface area contributed by atoms with Crippen LogP contribution in [0.1, 0.15) is 15.4 Å². The molecule has 7 nitrogen and oxygen atoms in total. The molecule has 9 heteroatoms. The zero-order chi connectivity index (χ0) is 20.5.